The summed E-state index contributed by atoms with van der Waals surface area (Å²) >= 11 is 0. The topological polar surface area (TPSA) is 68.2 Å². The van der Waals surface area contributed by atoms with Crippen LogP contribution in [-0.2, 0) is 13.1 Å². The number of nitrogens with two attached hydrogens (primary N) is 1. The van der Waals surface area contributed by atoms with Crippen molar-refractivity contribution in [2.75, 3.05) is 13.1 Å². The molecule has 0 unspecified atom stereocenters. The molecule has 1 aliphatic heterocycles. The van der Waals surface area contributed by atoms with Crippen LogP contribution in [0.5, 0.6) is 0 Å². The smallest absolute Gasteiger partial charge is 0.240 e. The fourth-order valence-electron chi connectivity index (χ4n) is 2.32. The lowest BCUT2D eigenvalue weighted by Crippen LogP contribution is -2.39. The molecule has 2 heterocycles. The van der Waals surface area contributed by atoms with Crippen LogP contribution < -0.4 is 5.73 Å². The van der Waals surface area contributed by atoms with E-state index < -0.39 is 0 Å². The Balaban J connectivity index is 0.00000144. The number of likely N-dealkylation sites (tertiary alicyclic amines) is 1. The number of halogens is 1. The van der Waals surface area contributed by atoms with Crippen molar-refractivity contribution in [3.05, 3.63) is 11.7 Å². The second-order valence-corrected chi connectivity index (χ2v) is 5.29. The predicted molar refractivity (Wildman–Crippen MR) is 67.7 cm³/mol. The third-order valence-corrected chi connectivity index (χ3v) is 3.03. The average molecular weight is 261 g/mol. The fraction of sp³-hybridized carbons (Fsp3) is 0.818. The van der Waals surface area contributed by atoms with Gasteiger partial charge in [-0.25, -0.2) is 0 Å². The number of aromatic nitrogens is 2. The molecule has 2 rings (SSSR count). The third kappa shape index (κ3) is 3.94. The molecule has 0 saturated carbocycles. The average Bonchev–Trinajstić information content (AvgIpc) is 2.64. The molecule has 0 bridgehead atoms. The van der Waals surface area contributed by atoms with Gasteiger partial charge in [-0.05, 0) is 24.8 Å². The first-order valence-electron chi connectivity index (χ1n) is 5.83. The lowest BCUT2D eigenvalue weighted by atomic mass is 9.84. The van der Waals surface area contributed by atoms with Gasteiger partial charge in [-0.15, -0.1) is 12.4 Å². The molecule has 0 aromatic carbocycles. The summed E-state index contributed by atoms with van der Waals surface area (Å²) in [5.41, 5.74) is 5.83. The second-order valence-electron chi connectivity index (χ2n) is 5.29. The van der Waals surface area contributed by atoms with Crippen LogP contribution in [0.4, 0.5) is 0 Å². The first kappa shape index (κ1) is 14.4. The maximum Gasteiger partial charge on any atom is 0.240 e. The minimum atomic E-state index is 0. The highest BCUT2D eigenvalue weighted by molar-refractivity contribution is 5.85. The monoisotopic (exact) mass is 260 g/mol. The lowest BCUT2D eigenvalue weighted by molar-refractivity contribution is 0.108. The molecule has 0 radical (unpaired) electrons. The summed E-state index contributed by atoms with van der Waals surface area (Å²) in [6, 6.07) is 0. The second kappa shape index (κ2) is 5.80. The standard InChI is InChI=1S/C11H20N4O.ClH/c1-11(2)4-3-5-15(8-11)7-9-13-10(6-12)16-14-9;/h3-8,12H2,1-2H3;1H. The number of nitrogens with zero attached hydrogens (tertiary/aromatic N) is 3. The van der Waals surface area contributed by atoms with E-state index in [-0.39, 0.29) is 12.4 Å². The Morgan fingerprint density at radius 1 is 1.47 bits per heavy atom. The SMILES string of the molecule is CC1(C)CCCN(Cc2noc(CN)n2)C1.Cl. The molecule has 0 amide bonds. The van der Waals surface area contributed by atoms with Crippen molar-refractivity contribution in [2.45, 2.75) is 39.8 Å². The Labute approximate surface area is 108 Å². The zero-order valence-electron chi connectivity index (χ0n) is 10.5. The summed E-state index contributed by atoms with van der Waals surface area (Å²) < 4.78 is 4.99. The van der Waals surface area contributed by atoms with Gasteiger partial charge in [0.05, 0.1) is 13.1 Å². The number of hydrogen-bond acceptors (Lipinski definition) is 5. The first-order valence-corrected chi connectivity index (χ1v) is 5.83. The third-order valence-electron chi connectivity index (χ3n) is 3.03. The molecule has 98 valence electrons. The molecule has 1 aromatic heterocycles. The van der Waals surface area contributed by atoms with E-state index >= 15 is 0 Å². The van der Waals surface area contributed by atoms with Gasteiger partial charge < -0.3 is 10.3 Å². The van der Waals surface area contributed by atoms with Crippen LogP contribution >= 0.6 is 12.4 Å². The number of hydrogen-bond donors (Lipinski definition) is 1. The van der Waals surface area contributed by atoms with Gasteiger partial charge in [0, 0.05) is 6.54 Å². The Kier molecular flexibility index (Phi) is 4.91. The Morgan fingerprint density at radius 3 is 2.82 bits per heavy atom. The quantitative estimate of drug-likeness (QED) is 0.894. The van der Waals surface area contributed by atoms with E-state index in [9.17, 15) is 0 Å². The Hall–Kier alpha value is -0.650. The van der Waals surface area contributed by atoms with E-state index in [1.54, 1.807) is 0 Å². The van der Waals surface area contributed by atoms with E-state index in [1.165, 1.54) is 12.8 Å². The Bertz CT molecular complexity index is 353. The summed E-state index contributed by atoms with van der Waals surface area (Å²) in [7, 11) is 0. The summed E-state index contributed by atoms with van der Waals surface area (Å²) in [6.45, 7) is 7.92. The van der Waals surface area contributed by atoms with E-state index in [1.807, 2.05) is 0 Å². The van der Waals surface area contributed by atoms with E-state index in [4.69, 9.17) is 10.3 Å². The van der Waals surface area contributed by atoms with Gasteiger partial charge in [0.25, 0.3) is 0 Å². The molecule has 1 aromatic rings. The summed E-state index contributed by atoms with van der Waals surface area (Å²) in [6.07, 6.45) is 2.54. The van der Waals surface area contributed by atoms with Gasteiger partial charge in [0.1, 0.15) is 0 Å². The fourth-order valence-corrected chi connectivity index (χ4v) is 2.32. The molecule has 6 heteroatoms. The summed E-state index contributed by atoms with van der Waals surface area (Å²) in [4.78, 5) is 6.61. The van der Waals surface area contributed by atoms with Crippen molar-refractivity contribution in [3.8, 4) is 0 Å². The molecule has 0 atom stereocenters. The van der Waals surface area contributed by atoms with Crippen molar-refractivity contribution in [2.24, 2.45) is 11.1 Å². The zero-order valence-corrected chi connectivity index (χ0v) is 11.3. The zero-order chi connectivity index (χ0) is 11.6. The van der Waals surface area contributed by atoms with Crippen LogP contribution in [0.1, 0.15) is 38.4 Å². The van der Waals surface area contributed by atoms with Gasteiger partial charge in [0.2, 0.25) is 5.89 Å². The van der Waals surface area contributed by atoms with Gasteiger partial charge in [0.15, 0.2) is 5.82 Å². The normalized spacial score (nSPS) is 19.9. The highest BCUT2D eigenvalue weighted by Crippen LogP contribution is 2.28. The van der Waals surface area contributed by atoms with Crippen molar-refractivity contribution < 1.29 is 4.52 Å². The molecule has 0 aliphatic carbocycles. The summed E-state index contributed by atoms with van der Waals surface area (Å²) in [5, 5.41) is 3.92. The van der Waals surface area contributed by atoms with Gasteiger partial charge in [-0.1, -0.05) is 19.0 Å². The lowest BCUT2D eigenvalue weighted by Gasteiger charge is -2.37. The highest BCUT2D eigenvalue weighted by atomic mass is 35.5. The van der Waals surface area contributed by atoms with Gasteiger partial charge in [-0.2, -0.15) is 4.98 Å². The highest BCUT2D eigenvalue weighted by Gasteiger charge is 2.26. The van der Waals surface area contributed by atoms with E-state index in [2.05, 4.69) is 28.9 Å². The van der Waals surface area contributed by atoms with Crippen molar-refractivity contribution >= 4 is 12.4 Å². The molecule has 2 N–H and O–H groups in total. The molecular weight excluding hydrogens is 240 g/mol. The van der Waals surface area contributed by atoms with Gasteiger partial charge in [-0.3, -0.25) is 4.90 Å². The van der Waals surface area contributed by atoms with Crippen molar-refractivity contribution in [1.29, 1.82) is 0 Å². The van der Waals surface area contributed by atoms with E-state index in [0.29, 0.717) is 17.9 Å². The van der Waals surface area contributed by atoms with Crippen LogP contribution in [-0.4, -0.2) is 28.1 Å². The van der Waals surface area contributed by atoms with Gasteiger partial charge >= 0.3 is 0 Å². The van der Waals surface area contributed by atoms with E-state index in [0.717, 1.165) is 25.5 Å². The largest absolute Gasteiger partial charge is 0.338 e. The van der Waals surface area contributed by atoms with Crippen molar-refractivity contribution in [1.82, 2.24) is 15.0 Å². The molecule has 1 fully saturated rings. The van der Waals surface area contributed by atoms with Crippen LogP contribution in [0.3, 0.4) is 0 Å². The van der Waals surface area contributed by atoms with Crippen LogP contribution in [0.2, 0.25) is 0 Å². The van der Waals surface area contributed by atoms with Crippen LogP contribution in [0, 0.1) is 5.41 Å². The maximum atomic E-state index is 5.43. The first-order chi connectivity index (χ1) is 7.59. The number of piperidine rings is 1. The Morgan fingerprint density at radius 2 is 2.24 bits per heavy atom. The molecule has 5 nitrogen and oxygen atoms in total. The minimum absolute atomic E-state index is 0. The summed E-state index contributed by atoms with van der Waals surface area (Å²) in [5.74, 6) is 1.27. The van der Waals surface area contributed by atoms with Crippen molar-refractivity contribution in [3.63, 3.8) is 0 Å². The predicted octanol–water partition coefficient (Wildman–Crippen LogP) is 1.57. The molecule has 17 heavy (non-hydrogen) atoms. The number of rotatable bonds is 3. The maximum absolute atomic E-state index is 5.43. The molecule has 0 spiro atoms. The minimum Gasteiger partial charge on any atom is -0.338 e. The van der Waals surface area contributed by atoms with Crippen LogP contribution in [0.15, 0.2) is 4.52 Å². The molecular formula is C11H21ClN4O. The molecule has 1 saturated heterocycles. The molecule has 1 aliphatic rings. The van der Waals surface area contributed by atoms with Crippen LogP contribution in [0.25, 0.3) is 0 Å².